The Morgan fingerprint density at radius 2 is 2.18 bits per heavy atom. The van der Waals surface area contributed by atoms with Gasteiger partial charge in [0.25, 0.3) is 0 Å². The molecular formula is C12H17N3O2. The average molecular weight is 235 g/mol. The Balaban J connectivity index is 2.54. The summed E-state index contributed by atoms with van der Waals surface area (Å²) < 4.78 is 4.78. The molecule has 5 heteroatoms. The van der Waals surface area contributed by atoms with E-state index >= 15 is 0 Å². The number of aromatic nitrogens is 2. The van der Waals surface area contributed by atoms with Gasteiger partial charge in [0, 0.05) is 31.0 Å². The van der Waals surface area contributed by atoms with Gasteiger partial charge < -0.3 is 10.1 Å². The van der Waals surface area contributed by atoms with Crippen LogP contribution in [0.3, 0.4) is 0 Å². The first-order valence-electron chi connectivity index (χ1n) is 5.82. The third-order valence-electron chi connectivity index (χ3n) is 2.85. The second-order valence-corrected chi connectivity index (χ2v) is 4.43. The van der Waals surface area contributed by atoms with Crippen LogP contribution >= 0.6 is 0 Å². The molecule has 0 fully saturated rings. The number of rotatable bonds is 2. The quantitative estimate of drug-likeness (QED) is 0.776. The Kier molecular flexibility index (Phi) is 3.38. The number of fused-ring (bicyclic) bond motifs is 1. The molecule has 1 N–H and O–H groups in total. The zero-order chi connectivity index (χ0) is 12.4. The number of ether oxygens (including phenoxy) is 1. The Labute approximate surface area is 101 Å². The number of methoxy groups -OCH3 is 1. The molecule has 0 saturated heterocycles. The average Bonchev–Trinajstić information content (AvgIpc) is 2.36. The molecule has 0 bridgehead atoms. The number of nitrogens with one attached hydrogen (secondary N) is 1. The summed E-state index contributed by atoms with van der Waals surface area (Å²) in [6.45, 7) is 5.56. The van der Waals surface area contributed by atoms with Gasteiger partial charge in [0.15, 0.2) is 5.69 Å². The third kappa shape index (κ3) is 2.29. The first kappa shape index (κ1) is 12.0. The fourth-order valence-electron chi connectivity index (χ4n) is 1.89. The van der Waals surface area contributed by atoms with Crippen LogP contribution in [-0.4, -0.2) is 29.6 Å². The van der Waals surface area contributed by atoms with Gasteiger partial charge >= 0.3 is 5.97 Å². The molecule has 0 aromatic carbocycles. The van der Waals surface area contributed by atoms with Crippen LogP contribution < -0.4 is 5.32 Å². The molecule has 0 radical (unpaired) electrons. The molecule has 0 amide bonds. The number of esters is 1. The van der Waals surface area contributed by atoms with E-state index in [0.717, 1.165) is 24.2 Å². The Hall–Kier alpha value is -1.49. The number of nitrogens with zero attached hydrogens (tertiary/aromatic N) is 2. The van der Waals surface area contributed by atoms with Crippen LogP contribution in [0.25, 0.3) is 0 Å². The highest BCUT2D eigenvalue weighted by Crippen LogP contribution is 2.19. The third-order valence-corrected chi connectivity index (χ3v) is 2.85. The van der Waals surface area contributed by atoms with Crippen LogP contribution in [0.2, 0.25) is 0 Å². The van der Waals surface area contributed by atoms with E-state index in [1.54, 1.807) is 0 Å². The largest absolute Gasteiger partial charge is 0.464 e. The summed E-state index contributed by atoms with van der Waals surface area (Å²) >= 11 is 0. The van der Waals surface area contributed by atoms with E-state index in [2.05, 4.69) is 15.3 Å². The van der Waals surface area contributed by atoms with Crippen LogP contribution in [-0.2, 0) is 17.7 Å². The van der Waals surface area contributed by atoms with Crippen LogP contribution in [0.4, 0.5) is 0 Å². The first-order valence-corrected chi connectivity index (χ1v) is 5.82. The van der Waals surface area contributed by atoms with Crippen molar-refractivity contribution in [1.29, 1.82) is 0 Å². The van der Waals surface area contributed by atoms with Crippen molar-refractivity contribution >= 4 is 5.97 Å². The van der Waals surface area contributed by atoms with Crippen molar-refractivity contribution < 1.29 is 9.53 Å². The van der Waals surface area contributed by atoms with Crippen molar-refractivity contribution in [3.05, 3.63) is 22.8 Å². The zero-order valence-corrected chi connectivity index (χ0v) is 10.4. The second-order valence-electron chi connectivity index (χ2n) is 4.43. The summed E-state index contributed by atoms with van der Waals surface area (Å²) in [5, 5.41) is 3.22. The van der Waals surface area contributed by atoms with Crippen molar-refractivity contribution in [2.45, 2.75) is 32.7 Å². The summed E-state index contributed by atoms with van der Waals surface area (Å²) in [5.41, 5.74) is 2.27. The van der Waals surface area contributed by atoms with E-state index in [4.69, 9.17) is 4.74 Å². The minimum atomic E-state index is -0.380. The van der Waals surface area contributed by atoms with E-state index in [9.17, 15) is 4.79 Å². The van der Waals surface area contributed by atoms with E-state index < -0.39 is 0 Å². The molecule has 1 aliphatic heterocycles. The molecule has 0 aliphatic carbocycles. The van der Waals surface area contributed by atoms with Crippen molar-refractivity contribution in [3.63, 3.8) is 0 Å². The summed E-state index contributed by atoms with van der Waals surface area (Å²) in [6, 6.07) is 0. The lowest BCUT2D eigenvalue weighted by Crippen LogP contribution is -2.28. The molecule has 0 unspecified atom stereocenters. The molecule has 5 nitrogen and oxygen atoms in total. The summed E-state index contributed by atoms with van der Waals surface area (Å²) in [4.78, 5) is 20.6. The summed E-state index contributed by atoms with van der Waals surface area (Å²) in [6.07, 6.45) is 0.835. The van der Waals surface area contributed by atoms with E-state index in [1.807, 2.05) is 13.8 Å². The van der Waals surface area contributed by atoms with E-state index in [-0.39, 0.29) is 11.9 Å². The van der Waals surface area contributed by atoms with E-state index in [0.29, 0.717) is 18.1 Å². The minimum absolute atomic E-state index is 0.207. The highest BCUT2D eigenvalue weighted by molar-refractivity contribution is 5.89. The van der Waals surface area contributed by atoms with Gasteiger partial charge in [-0.2, -0.15) is 0 Å². The Morgan fingerprint density at radius 3 is 2.82 bits per heavy atom. The van der Waals surface area contributed by atoms with Gasteiger partial charge in [-0.25, -0.2) is 14.8 Å². The fourth-order valence-corrected chi connectivity index (χ4v) is 1.89. The maximum absolute atomic E-state index is 11.7. The molecule has 17 heavy (non-hydrogen) atoms. The van der Waals surface area contributed by atoms with Gasteiger partial charge in [-0.15, -0.1) is 0 Å². The van der Waals surface area contributed by atoms with Crippen molar-refractivity contribution in [2.24, 2.45) is 0 Å². The van der Waals surface area contributed by atoms with Gasteiger partial charge in [0.1, 0.15) is 5.82 Å². The highest BCUT2D eigenvalue weighted by atomic mass is 16.5. The van der Waals surface area contributed by atoms with Gasteiger partial charge in [-0.05, 0) is 0 Å². The molecule has 2 rings (SSSR count). The SMILES string of the molecule is COC(=O)c1nc(C(C)C)nc2c1CNCC2. The van der Waals surface area contributed by atoms with Crippen molar-refractivity contribution in [3.8, 4) is 0 Å². The number of hydrogen-bond acceptors (Lipinski definition) is 5. The first-order chi connectivity index (χ1) is 8.13. The topological polar surface area (TPSA) is 64.1 Å². The molecule has 0 spiro atoms. The van der Waals surface area contributed by atoms with Gasteiger partial charge in [0.2, 0.25) is 0 Å². The summed E-state index contributed by atoms with van der Waals surface area (Å²) in [7, 11) is 1.38. The highest BCUT2D eigenvalue weighted by Gasteiger charge is 2.23. The van der Waals surface area contributed by atoms with Crippen molar-refractivity contribution in [1.82, 2.24) is 15.3 Å². The monoisotopic (exact) mass is 235 g/mol. The summed E-state index contributed by atoms with van der Waals surface area (Å²) in [5.74, 6) is 0.541. The number of carbonyl (C=O) groups is 1. The number of hydrogen-bond donors (Lipinski definition) is 1. The lowest BCUT2D eigenvalue weighted by atomic mass is 10.0. The lowest BCUT2D eigenvalue weighted by Gasteiger charge is -2.19. The standard InChI is InChI=1S/C12H17N3O2/c1-7(2)11-14-9-4-5-13-6-8(9)10(15-11)12(16)17-3/h7,13H,4-6H2,1-3H3. The molecule has 92 valence electrons. The Bertz CT molecular complexity index is 444. The van der Waals surface area contributed by atoms with Gasteiger partial charge in [0.05, 0.1) is 12.8 Å². The predicted octanol–water partition coefficient (Wildman–Crippen LogP) is 1.03. The molecular weight excluding hydrogens is 218 g/mol. The van der Waals surface area contributed by atoms with Crippen LogP contribution in [0.1, 0.15) is 47.3 Å². The maximum Gasteiger partial charge on any atom is 0.357 e. The Morgan fingerprint density at radius 1 is 1.41 bits per heavy atom. The second kappa shape index (κ2) is 4.79. The number of carbonyl (C=O) groups excluding carboxylic acids is 1. The predicted molar refractivity (Wildman–Crippen MR) is 62.9 cm³/mol. The molecule has 1 aliphatic rings. The van der Waals surface area contributed by atoms with Crippen molar-refractivity contribution in [2.75, 3.05) is 13.7 Å². The zero-order valence-electron chi connectivity index (χ0n) is 10.4. The van der Waals surface area contributed by atoms with Gasteiger partial charge in [-0.1, -0.05) is 13.8 Å². The van der Waals surface area contributed by atoms with Gasteiger partial charge in [-0.3, -0.25) is 0 Å². The molecule has 0 atom stereocenters. The minimum Gasteiger partial charge on any atom is -0.464 e. The molecule has 0 saturated carbocycles. The maximum atomic E-state index is 11.7. The fraction of sp³-hybridized carbons (Fsp3) is 0.583. The normalized spacial score (nSPS) is 14.6. The molecule has 1 aromatic heterocycles. The van der Waals surface area contributed by atoms with Crippen LogP contribution in [0, 0.1) is 0 Å². The van der Waals surface area contributed by atoms with E-state index in [1.165, 1.54) is 7.11 Å². The molecule has 2 heterocycles. The lowest BCUT2D eigenvalue weighted by molar-refractivity contribution is 0.0591. The smallest absolute Gasteiger partial charge is 0.357 e. The van der Waals surface area contributed by atoms with Crippen LogP contribution in [0.5, 0.6) is 0 Å². The van der Waals surface area contributed by atoms with Crippen LogP contribution in [0.15, 0.2) is 0 Å². The molecule has 1 aromatic rings.